The van der Waals surface area contributed by atoms with E-state index in [-0.39, 0.29) is 12.2 Å². The normalized spacial score (nSPS) is 10.5. The molecule has 0 fully saturated rings. The van der Waals surface area contributed by atoms with Crippen LogP contribution in [0.1, 0.15) is 11.1 Å². The van der Waals surface area contributed by atoms with Gasteiger partial charge in [-0.05, 0) is 33.1 Å². The Morgan fingerprint density at radius 3 is 2.71 bits per heavy atom. The molecule has 1 N–H and O–H groups in total. The molecule has 1 aromatic carbocycles. The van der Waals surface area contributed by atoms with Crippen LogP contribution in [0.3, 0.4) is 0 Å². The van der Waals surface area contributed by atoms with Gasteiger partial charge in [0.15, 0.2) is 0 Å². The van der Waals surface area contributed by atoms with Crippen LogP contribution in [0.25, 0.3) is 0 Å². The van der Waals surface area contributed by atoms with Crippen LogP contribution < -0.4 is 5.56 Å². The summed E-state index contributed by atoms with van der Waals surface area (Å²) < 4.78 is 2.50. The maximum atomic E-state index is 11.6. The van der Waals surface area contributed by atoms with Gasteiger partial charge in [0.2, 0.25) is 0 Å². The first-order chi connectivity index (χ1) is 8.19. The number of aliphatic hydroxyl groups excluding tert-OH is 1. The number of aliphatic hydroxyl groups is 1. The minimum atomic E-state index is -0.0393. The molecular weight excluding hydrogens is 282 g/mol. The van der Waals surface area contributed by atoms with Gasteiger partial charge in [-0.25, -0.2) is 0 Å². The van der Waals surface area contributed by atoms with Crippen LogP contribution in [0.4, 0.5) is 0 Å². The maximum Gasteiger partial charge on any atom is 0.250 e. The second-order valence-electron chi connectivity index (χ2n) is 3.79. The zero-order valence-electron chi connectivity index (χ0n) is 9.14. The number of hydrogen-bond acceptors (Lipinski definition) is 2. The Morgan fingerprint density at radius 1 is 1.18 bits per heavy atom. The zero-order chi connectivity index (χ0) is 12.3. The average molecular weight is 294 g/mol. The summed E-state index contributed by atoms with van der Waals surface area (Å²) in [4.78, 5) is 11.6. The molecule has 0 unspecified atom stereocenters. The van der Waals surface area contributed by atoms with Gasteiger partial charge < -0.3 is 9.67 Å². The highest BCUT2D eigenvalue weighted by Crippen LogP contribution is 2.09. The molecule has 0 aliphatic heterocycles. The summed E-state index contributed by atoms with van der Waals surface area (Å²) in [5.41, 5.74) is 1.81. The van der Waals surface area contributed by atoms with E-state index in [0.717, 1.165) is 15.6 Å². The molecule has 1 heterocycles. The SMILES string of the molecule is O=c1ccc(Br)cn1Cc1cccc(CO)c1. The van der Waals surface area contributed by atoms with Gasteiger partial charge in [-0.2, -0.15) is 0 Å². The lowest BCUT2D eigenvalue weighted by molar-refractivity contribution is 0.281. The molecular formula is C13H12BrNO2. The minimum Gasteiger partial charge on any atom is -0.392 e. The Bertz CT molecular complexity index is 578. The van der Waals surface area contributed by atoms with E-state index in [2.05, 4.69) is 15.9 Å². The molecule has 1 aromatic heterocycles. The van der Waals surface area contributed by atoms with Crippen molar-refractivity contribution in [2.75, 3.05) is 0 Å². The smallest absolute Gasteiger partial charge is 0.250 e. The number of aromatic nitrogens is 1. The number of nitrogens with zero attached hydrogens (tertiary/aromatic N) is 1. The van der Waals surface area contributed by atoms with Crippen LogP contribution in [0.5, 0.6) is 0 Å². The molecule has 0 saturated carbocycles. The molecule has 0 aliphatic rings. The van der Waals surface area contributed by atoms with Gasteiger partial charge in [-0.3, -0.25) is 4.79 Å². The van der Waals surface area contributed by atoms with Crippen LogP contribution in [0.2, 0.25) is 0 Å². The van der Waals surface area contributed by atoms with Gasteiger partial charge in [0.05, 0.1) is 13.2 Å². The molecule has 88 valence electrons. The van der Waals surface area contributed by atoms with E-state index in [1.807, 2.05) is 24.3 Å². The van der Waals surface area contributed by atoms with E-state index in [4.69, 9.17) is 5.11 Å². The van der Waals surface area contributed by atoms with Gasteiger partial charge in [-0.15, -0.1) is 0 Å². The summed E-state index contributed by atoms with van der Waals surface area (Å²) in [7, 11) is 0. The van der Waals surface area contributed by atoms with Crippen molar-refractivity contribution in [3.05, 3.63) is 68.5 Å². The van der Waals surface area contributed by atoms with Crippen LogP contribution in [0.15, 0.2) is 51.9 Å². The van der Waals surface area contributed by atoms with Gasteiger partial charge in [0, 0.05) is 16.7 Å². The average Bonchev–Trinajstić information content (AvgIpc) is 2.34. The van der Waals surface area contributed by atoms with E-state index in [1.54, 1.807) is 16.8 Å². The molecule has 0 amide bonds. The lowest BCUT2D eigenvalue weighted by Crippen LogP contribution is -2.18. The van der Waals surface area contributed by atoms with Gasteiger partial charge in [0.25, 0.3) is 5.56 Å². The zero-order valence-corrected chi connectivity index (χ0v) is 10.7. The summed E-state index contributed by atoms with van der Waals surface area (Å²) in [5, 5.41) is 9.05. The molecule has 0 aliphatic carbocycles. The lowest BCUT2D eigenvalue weighted by atomic mass is 10.1. The molecule has 0 spiro atoms. The molecule has 0 radical (unpaired) electrons. The summed E-state index contributed by atoms with van der Waals surface area (Å²) in [6.07, 6.45) is 1.76. The number of halogens is 1. The van der Waals surface area contributed by atoms with E-state index in [1.165, 1.54) is 6.07 Å². The predicted molar refractivity (Wildman–Crippen MR) is 69.9 cm³/mol. The van der Waals surface area contributed by atoms with Crippen molar-refractivity contribution in [3.8, 4) is 0 Å². The monoisotopic (exact) mass is 293 g/mol. The van der Waals surface area contributed by atoms with E-state index >= 15 is 0 Å². The molecule has 2 rings (SSSR count). The number of rotatable bonds is 3. The van der Waals surface area contributed by atoms with Gasteiger partial charge in [0.1, 0.15) is 0 Å². The fourth-order valence-corrected chi connectivity index (χ4v) is 2.03. The van der Waals surface area contributed by atoms with Crippen LogP contribution in [-0.4, -0.2) is 9.67 Å². The molecule has 3 nitrogen and oxygen atoms in total. The third-order valence-corrected chi connectivity index (χ3v) is 2.94. The first kappa shape index (κ1) is 12.1. The summed E-state index contributed by atoms with van der Waals surface area (Å²) in [6, 6.07) is 10.8. The Morgan fingerprint density at radius 2 is 1.94 bits per heavy atom. The molecule has 0 atom stereocenters. The van der Waals surface area contributed by atoms with E-state index in [9.17, 15) is 4.79 Å². The Hall–Kier alpha value is -1.39. The first-order valence-electron chi connectivity index (χ1n) is 5.24. The molecule has 2 aromatic rings. The van der Waals surface area contributed by atoms with Crippen molar-refractivity contribution in [3.63, 3.8) is 0 Å². The third-order valence-electron chi connectivity index (χ3n) is 2.47. The molecule has 0 bridgehead atoms. The molecule has 17 heavy (non-hydrogen) atoms. The first-order valence-corrected chi connectivity index (χ1v) is 6.03. The molecule has 4 heteroatoms. The van der Waals surface area contributed by atoms with Gasteiger partial charge in [-0.1, -0.05) is 24.3 Å². The maximum absolute atomic E-state index is 11.6. The van der Waals surface area contributed by atoms with Crippen molar-refractivity contribution >= 4 is 15.9 Å². The van der Waals surface area contributed by atoms with E-state index in [0.29, 0.717) is 6.54 Å². The summed E-state index contributed by atoms with van der Waals surface area (Å²) >= 11 is 3.34. The van der Waals surface area contributed by atoms with Crippen molar-refractivity contribution in [2.45, 2.75) is 13.2 Å². The second kappa shape index (κ2) is 5.29. The van der Waals surface area contributed by atoms with Crippen LogP contribution in [0, 0.1) is 0 Å². The predicted octanol–water partition coefficient (Wildman–Crippen LogP) is 2.15. The summed E-state index contributed by atoms with van der Waals surface area (Å²) in [5.74, 6) is 0. The summed E-state index contributed by atoms with van der Waals surface area (Å²) in [6.45, 7) is 0.521. The van der Waals surface area contributed by atoms with Gasteiger partial charge >= 0.3 is 0 Å². The fraction of sp³-hybridized carbons (Fsp3) is 0.154. The second-order valence-corrected chi connectivity index (χ2v) is 4.71. The quantitative estimate of drug-likeness (QED) is 0.942. The van der Waals surface area contributed by atoms with Crippen molar-refractivity contribution in [1.82, 2.24) is 4.57 Å². The highest BCUT2D eigenvalue weighted by Gasteiger charge is 2.00. The Balaban J connectivity index is 2.31. The van der Waals surface area contributed by atoms with Crippen molar-refractivity contribution in [2.24, 2.45) is 0 Å². The molecule has 0 saturated heterocycles. The largest absolute Gasteiger partial charge is 0.392 e. The standard InChI is InChI=1S/C13H12BrNO2/c14-12-4-5-13(17)15(8-12)7-10-2-1-3-11(6-10)9-16/h1-6,8,16H,7,9H2. The van der Waals surface area contributed by atoms with Crippen molar-refractivity contribution < 1.29 is 5.11 Å². The highest BCUT2D eigenvalue weighted by atomic mass is 79.9. The lowest BCUT2D eigenvalue weighted by Gasteiger charge is -2.07. The highest BCUT2D eigenvalue weighted by molar-refractivity contribution is 9.10. The number of benzene rings is 1. The van der Waals surface area contributed by atoms with E-state index < -0.39 is 0 Å². The number of hydrogen-bond donors (Lipinski definition) is 1. The third kappa shape index (κ3) is 3.05. The van der Waals surface area contributed by atoms with Crippen LogP contribution in [-0.2, 0) is 13.2 Å². The van der Waals surface area contributed by atoms with Crippen molar-refractivity contribution in [1.29, 1.82) is 0 Å². The Kier molecular flexibility index (Phi) is 3.76. The Labute approximate surface area is 107 Å². The topological polar surface area (TPSA) is 42.2 Å². The minimum absolute atomic E-state index is 0.0151. The number of pyridine rings is 1. The fourth-order valence-electron chi connectivity index (χ4n) is 1.65. The van der Waals surface area contributed by atoms with Crippen LogP contribution >= 0.6 is 15.9 Å².